The van der Waals surface area contributed by atoms with Gasteiger partial charge >= 0.3 is 5.82 Å². The molecule has 2 saturated heterocycles. The van der Waals surface area contributed by atoms with Crippen LogP contribution >= 0.6 is 0 Å². The summed E-state index contributed by atoms with van der Waals surface area (Å²) in [4.78, 5) is 36.3. The van der Waals surface area contributed by atoms with Gasteiger partial charge < -0.3 is 25.6 Å². The van der Waals surface area contributed by atoms with E-state index in [9.17, 15) is 19.7 Å². The van der Waals surface area contributed by atoms with Crippen molar-refractivity contribution in [1.29, 1.82) is 0 Å². The smallest absolute Gasteiger partial charge is 0.358 e. The third-order valence-corrected chi connectivity index (χ3v) is 4.92. The second-order valence-corrected chi connectivity index (χ2v) is 6.87. The Labute approximate surface area is 151 Å². The molecular formula is C16H24N6O4. The van der Waals surface area contributed by atoms with E-state index in [1.807, 2.05) is 0 Å². The molecule has 0 radical (unpaired) electrons. The molecule has 2 fully saturated rings. The number of nitrogens with one attached hydrogen (secondary N) is 2. The van der Waals surface area contributed by atoms with Crippen molar-refractivity contribution in [2.45, 2.75) is 38.3 Å². The summed E-state index contributed by atoms with van der Waals surface area (Å²) >= 11 is 0. The van der Waals surface area contributed by atoms with Crippen LogP contribution in [0.5, 0.6) is 0 Å². The molecule has 2 atom stereocenters. The van der Waals surface area contributed by atoms with Crippen LogP contribution in [0.4, 0.5) is 5.82 Å². The zero-order valence-corrected chi connectivity index (χ0v) is 14.6. The van der Waals surface area contributed by atoms with Gasteiger partial charge in [0, 0.05) is 19.6 Å². The van der Waals surface area contributed by atoms with Crippen LogP contribution < -0.4 is 10.6 Å². The fraction of sp³-hybridized carbons (Fsp3) is 0.688. The normalized spacial score (nSPS) is 23.0. The molecule has 10 heteroatoms. The van der Waals surface area contributed by atoms with Gasteiger partial charge in [0.15, 0.2) is 0 Å². The molecule has 142 valence electrons. The van der Waals surface area contributed by atoms with Crippen LogP contribution in [0.3, 0.4) is 0 Å². The van der Waals surface area contributed by atoms with Crippen molar-refractivity contribution in [3.05, 3.63) is 22.4 Å². The molecule has 2 aliphatic rings. The number of piperidine rings is 1. The Balaban J connectivity index is 1.46. The molecule has 26 heavy (non-hydrogen) atoms. The highest BCUT2D eigenvalue weighted by atomic mass is 16.6. The monoisotopic (exact) mass is 364 g/mol. The number of nitro groups is 1. The first kappa shape index (κ1) is 18.3. The fourth-order valence-corrected chi connectivity index (χ4v) is 3.51. The summed E-state index contributed by atoms with van der Waals surface area (Å²) in [5.74, 6) is -0.117. The first-order valence-corrected chi connectivity index (χ1v) is 8.99. The molecule has 2 N–H and O–H groups in total. The maximum Gasteiger partial charge on any atom is 0.389 e. The Morgan fingerprint density at radius 1 is 1.38 bits per heavy atom. The lowest BCUT2D eigenvalue weighted by Crippen LogP contribution is -2.47. The van der Waals surface area contributed by atoms with Gasteiger partial charge in [-0.05, 0) is 43.1 Å². The Kier molecular flexibility index (Phi) is 5.82. The van der Waals surface area contributed by atoms with Crippen LogP contribution in [0.2, 0.25) is 0 Å². The lowest BCUT2D eigenvalue weighted by molar-refractivity contribution is -0.389. The zero-order valence-electron chi connectivity index (χ0n) is 14.6. The summed E-state index contributed by atoms with van der Waals surface area (Å²) in [5, 5.41) is 20.6. The van der Waals surface area contributed by atoms with E-state index in [4.69, 9.17) is 0 Å². The van der Waals surface area contributed by atoms with Crippen molar-refractivity contribution in [1.82, 2.24) is 25.3 Å². The Morgan fingerprint density at radius 3 is 2.92 bits per heavy atom. The van der Waals surface area contributed by atoms with E-state index >= 15 is 0 Å². The summed E-state index contributed by atoms with van der Waals surface area (Å²) in [6, 6.07) is 1.19. The lowest BCUT2D eigenvalue weighted by atomic mass is 9.97. The van der Waals surface area contributed by atoms with E-state index in [1.54, 1.807) is 4.90 Å². The molecule has 2 amide bonds. The lowest BCUT2D eigenvalue weighted by Gasteiger charge is -2.32. The molecule has 1 aromatic rings. The Morgan fingerprint density at radius 2 is 2.23 bits per heavy atom. The number of rotatable bonds is 6. The van der Waals surface area contributed by atoms with Crippen LogP contribution in [-0.2, 0) is 16.1 Å². The van der Waals surface area contributed by atoms with E-state index in [-0.39, 0.29) is 36.1 Å². The van der Waals surface area contributed by atoms with Crippen molar-refractivity contribution in [2.75, 3.05) is 26.2 Å². The van der Waals surface area contributed by atoms with E-state index < -0.39 is 4.92 Å². The van der Waals surface area contributed by atoms with Crippen molar-refractivity contribution in [3.63, 3.8) is 0 Å². The minimum absolute atomic E-state index is 0.0150. The SMILES string of the molecule is O=C(NCC1CCCN(C(=O)Cn2ccc([N+](=O)[O-])n2)C1)C1CCCN1. The van der Waals surface area contributed by atoms with Gasteiger partial charge in [-0.15, -0.1) is 0 Å². The standard InChI is InChI=1S/C16H24N6O4/c23-15(11-21-8-5-14(19-21)22(25)26)20-7-2-3-12(10-20)9-18-16(24)13-4-1-6-17-13/h5,8,12-13,17H,1-4,6-7,9-11H2,(H,18,24). The average Bonchev–Trinajstić information content (AvgIpc) is 3.32. The van der Waals surface area contributed by atoms with Crippen LogP contribution in [-0.4, -0.2) is 63.6 Å². The quantitative estimate of drug-likeness (QED) is 0.537. The predicted molar refractivity (Wildman–Crippen MR) is 92.2 cm³/mol. The highest BCUT2D eigenvalue weighted by Crippen LogP contribution is 2.17. The molecule has 0 bridgehead atoms. The molecule has 3 rings (SSSR count). The number of likely N-dealkylation sites (tertiary alicyclic amines) is 1. The molecule has 2 unspecified atom stereocenters. The van der Waals surface area contributed by atoms with Gasteiger partial charge in [-0.3, -0.25) is 9.59 Å². The van der Waals surface area contributed by atoms with Crippen LogP contribution in [0.1, 0.15) is 25.7 Å². The number of carbonyl (C=O) groups excluding carboxylic acids is 2. The Hall–Kier alpha value is -2.49. The third kappa shape index (κ3) is 4.57. The minimum Gasteiger partial charge on any atom is -0.358 e. The van der Waals surface area contributed by atoms with E-state index in [1.165, 1.54) is 16.9 Å². The molecule has 1 aromatic heterocycles. The number of carbonyl (C=O) groups is 2. The molecular weight excluding hydrogens is 340 g/mol. The molecule has 2 aliphatic heterocycles. The van der Waals surface area contributed by atoms with Crippen LogP contribution in [0, 0.1) is 16.0 Å². The van der Waals surface area contributed by atoms with Gasteiger partial charge in [0.05, 0.1) is 23.4 Å². The van der Waals surface area contributed by atoms with Crippen LogP contribution in [0.25, 0.3) is 0 Å². The summed E-state index contributed by atoms with van der Waals surface area (Å²) in [5.41, 5.74) is 0. The average molecular weight is 364 g/mol. The molecule has 0 saturated carbocycles. The minimum atomic E-state index is -0.584. The largest absolute Gasteiger partial charge is 0.389 e. The first-order chi connectivity index (χ1) is 12.5. The van der Waals surface area contributed by atoms with Crippen LogP contribution in [0.15, 0.2) is 12.3 Å². The Bertz CT molecular complexity index is 669. The van der Waals surface area contributed by atoms with Gasteiger partial charge in [0.25, 0.3) is 0 Å². The highest BCUT2D eigenvalue weighted by molar-refractivity contribution is 5.82. The number of amides is 2. The topological polar surface area (TPSA) is 122 Å². The summed E-state index contributed by atoms with van der Waals surface area (Å²) in [7, 11) is 0. The number of nitrogens with zero attached hydrogens (tertiary/aromatic N) is 4. The summed E-state index contributed by atoms with van der Waals surface area (Å²) < 4.78 is 1.29. The van der Waals surface area contributed by atoms with Gasteiger partial charge in [-0.1, -0.05) is 0 Å². The zero-order chi connectivity index (χ0) is 18.5. The van der Waals surface area contributed by atoms with Gasteiger partial charge in [-0.25, -0.2) is 0 Å². The van der Waals surface area contributed by atoms with E-state index in [0.717, 1.165) is 32.2 Å². The van der Waals surface area contributed by atoms with Crippen molar-refractivity contribution >= 4 is 17.6 Å². The first-order valence-electron chi connectivity index (χ1n) is 8.99. The molecule has 0 aromatic carbocycles. The predicted octanol–water partition coefficient (Wildman–Crippen LogP) is -0.102. The number of hydrogen-bond donors (Lipinski definition) is 2. The van der Waals surface area contributed by atoms with E-state index in [0.29, 0.717) is 19.6 Å². The number of aromatic nitrogens is 2. The highest BCUT2D eigenvalue weighted by Gasteiger charge is 2.27. The van der Waals surface area contributed by atoms with E-state index in [2.05, 4.69) is 15.7 Å². The maximum absolute atomic E-state index is 12.4. The maximum atomic E-state index is 12.4. The van der Waals surface area contributed by atoms with Gasteiger partial charge in [0.2, 0.25) is 11.8 Å². The van der Waals surface area contributed by atoms with Crippen molar-refractivity contribution in [3.8, 4) is 0 Å². The van der Waals surface area contributed by atoms with Crippen molar-refractivity contribution < 1.29 is 14.5 Å². The van der Waals surface area contributed by atoms with Gasteiger partial charge in [0.1, 0.15) is 6.54 Å². The molecule has 0 spiro atoms. The second kappa shape index (κ2) is 8.26. The summed E-state index contributed by atoms with van der Waals surface area (Å²) in [6.07, 6.45) is 5.18. The number of hydrogen-bond acceptors (Lipinski definition) is 6. The van der Waals surface area contributed by atoms with Crippen molar-refractivity contribution in [2.24, 2.45) is 5.92 Å². The second-order valence-electron chi connectivity index (χ2n) is 6.87. The van der Waals surface area contributed by atoms with Gasteiger partial charge in [-0.2, -0.15) is 4.68 Å². The summed E-state index contributed by atoms with van der Waals surface area (Å²) in [6.45, 7) is 2.68. The third-order valence-electron chi connectivity index (χ3n) is 4.92. The fourth-order valence-electron chi connectivity index (χ4n) is 3.51. The molecule has 10 nitrogen and oxygen atoms in total. The molecule has 0 aliphatic carbocycles. The molecule has 3 heterocycles.